The molecule has 2 aliphatic rings. The maximum Gasteiger partial charge on any atom is 0.312 e. The normalized spacial score (nSPS) is 35.1. The Morgan fingerprint density at radius 1 is 1.47 bits per heavy atom. The Kier molecular flexibility index (Phi) is 2.41. The zero-order valence-corrected chi connectivity index (χ0v) is 9.04. The average molecular weight is 208 g/mol. The van der Waals surface area contributed by atoms with Gasteiger partial charge in [0, 0.05) is 12.8 Å². The molecule has 2 bridgehead atoms. The zero-order valence-electron chi connectivity index (χ0n) is 9.04. The summed E-state index contributed by atoms with van der Waals surface area (Å²) in [5.41, 5.74) is 0.508. The molecule has 2 unspecified atom stereocenters. The summed E-state index contributed by atoms with van der Waals surface area (Å²) in [6, 6.07) is 0. The van der Waals surface area contributed by atoms with E-state index in [1.54, 1.807) is 0 Å². The van der Waals surface area contributed by atoms with Crippen molar-refractivity contribution >= 4 is 11.8 Å². The molecular weight excluding hydrogens is 192 g/mol. The van der Waals surface area contributed by atoms with Crippen LogP contribution in [-0.4, -0.2) is 18.9 Å². The molecule has 15 heavy (non-hydrogen) atoms. The second kappa shape index (κ2) is 3.47. The predicted molar refractivity (Wildman–Crippen MR) is 55.2 cm³/mol. The lowest BCUT2D eigenvalue weighted by atomic mass is 9.60. The number of hydrogen-bond acceptors (Lipinski definition) is 3. The molecule has 3 nitrogen and oxygen atoms in total. The van der Waals surface area contributed by atoms with Gasteiger partial charge in [0.1, 0.15) is 5.78 Å². The van der Waals surface area contributed by atoms with Crippen molar-refractivity contribution in [2.24, 2.45) is 11.3 Å². The molecule has 0 saturated heterocycles. The maximum atomic E-state index is 11.8. The van der Waals surface area contributed by atoms with E-state index in [0.717, 1.165) is 18.4 Å². The van der Waals surface area contributed by atoms with Crippen molar-refractivity contribution < 1.29 is 14.3 Å². The number of carbonyl (C=O) groups is 2. The summed E-state index contributed by atoms with van der Waals surface area (Å²) in [5, 5.41) is 0. The molecule has 0 N–H and O–H groups in total. The number of Topliss-reactive ketones (excluding diaryl/α,β-unsaturated/α-hetero) is 1. The lowest BCUT2D eigenvalue weighted by Gasteiger charge is -2.42. The van der Waals surface area contributed by atoms with Gasteiger partial charge in [0.15, 0.2) is 0 Å². The van der Waals surface area contributed by atoms with E-state index >= 15 is 0 Å². The van der Waals surface area contributed by atoms with Gasteiger partial charge in [-0.2, -0.15) is 0 Å². The second-order valence-corrected chi connectivity index (χ2v) is 4.89. The smallest absolute Gasteiger partial charge is 0.312 e. The summed E-state index contributed by atoms with van der Waals surface area (Å²) in [7, 11) is 1.39. The van der Waals surface area contributed by atoms with Gasteiger partial charge in [0.2, 0.25) is 0 Å². The third-order valence-corrected chi connectivity index (χ3v) is 3.52. The summed E-state index contributed by atoms with van der Waals surface area (Å²) in [5.74, 6) is 0.275. The summed E-state index contributed by atoms with van der Waals surface area (Å²) in [6.45, 7) is 3.96. The van der Waals surface area contributed by atoms with Gasteiger partial charge in [-0.3, -0.25) is 9.59 Å². The molecule has 2 atom stereocenters. The van der Waals surface area contributed by atoms with Crippen molar-refractivity contribution in [3.8, 4) is 0 Å². The first-order valence-corrected chi connectivity index (χ1v) is 5.32. The number of hydrogen-bond donors (Lipinski definition) is 0. The van der Waals surface area contributed by atoms with Crippen molar-refractivity contribution in [2.45, 2.75) is 32.1 Å². The van der Waals surface area contributed by atoms with Gasteiger partial charge in [0.05, 0.1) is 12.5 Å². The molecule has 0 heterocycles. The van der Waals surface area contributed by atoms with Crippen molar-refractivity contribution in [3.63, 3.8) is 0 Å². The van der Waals surface area contributed by atoms with Gasteiger partial charge in [-0.25, -0.2) is 0 Å². The Morgan fingerprint density at radius 2 is 2.20 bits per heavy atom. The fourth-order valence-electron chi connectivity index (χ4n) is 3.15. The van der Waals surface area contributed by atoms with Crippen molar-refractivity contribution in [1.29, 1.82) is 0 Å². The van der Waals surface area contributed by atoms with E-state index in [9.17, 15) is 9.59 Å². The molecule has 0 radical (unpaired) electrons. The lowest BCUT2D eigenvalue weighted by Crippen LogP contribution is -2.44. The lowest BCUT2D eigenvalue weighted by molar-refractivity contribution is -0.160. The van der Waals surface area contributed by atoms with Crippen molar-refractivity contribution in [3.05, 3.63) is 12.2 Å². The molecule has 3 heteroatoms. The van der Waals surface area contributed by atoms with Gasteiger partial charge < -0.3 is 4.74 Å². The van der Waals surface area contributed by atoms with Crippen LogP contribution in [0.3, 0.4) is 0 Å². The molecule has 0 aromatic carbocycles. The first-order chi connectivity index (χ1) is 7.05. The van der Waals surface area contributed by atoms with E-state index in [1.165, 1.54) is 7.11 Å². The number of fused-ring (bicyclic) bond motifs is 2. The molecule has 0 amide bonds. The van der Waals surface area contributed by atoms with Crippen LogP contribution in [0.25, 0.3) is 0 Å². The fraction of sp³-hybridized carbons (Fsp3) is 0.667. The third kappa shape index (κ3) is 1.71. The van der Waals surface area contributed by atoms with E-state index in [0.29, 0.717) is 25.2 Å². The first-order valence-electron chi connectivity index (χ1n) is 5.32. The van der Waals surface area contributed by atoms with E-state index in [2.05, 4.69) is 6.58 Å². The zero-order chi connectivity index (χ0) is 11.1. The van der Waals surface area contributed by atoms with Gasteiger partial charge in [-0.15, -0.1) is 0 Å². The minimum atomic E-state index is -0.579. The molecule has 0 spiro atoms. The summed E-state index contributed by atoms with van der Waals surface area (Å²) < 4.78 is 4.83. The largest absolute Gasteiger partial charge is 0.469 e. The Labute approximate surface area is 89.5 Å². The number of allylic oxidation sites excluding steroid dienone is 1. The SMILES string of the molecule is C=C1CC2CC(=O)CC(C(=O)OC)(C1)C2. The van der Waals surface area contributed by atoms with Crippen LogP contribution in [0.15, 0.2) is 12.2 Å². The number of methoxy groups -OCH3 is 1. The molecule has 0 aromatic heterocycles. The van der Waals surface area contributed by atoms with E-state index in [1.807, 2.05) is 0 Å². The summed E-state index contributed by atoms with van der Waals surface area (Å²) in [4.78, 5) is 23.3. The third-order valence-electron chi connectivity index (χ3n) is 3.52. The van der Waals surface area contributed by atoms with Crippen LogP contribution in [0.2, 0.25) is 0 Å². The minimum Gasteiger partial charge on any atom is -0.469 e. The first kappa shape index (κ1) is 10.4. The van der Waals surface area contributed by atoms with Gasteiger partial charge in [-0.05, 0) is 25.2 Å². The molecule has 2 rings (SSSR count). The van der Waals surface area contributed by atoms with Gasteiger partial charge in [-0.1, -0.05) is 12.2 Å². The maximum absolute atomic E-state index is 11.8. The van der Waals surface area contributed by atoms with Crippen LogP contribution in [0.5, 0.6) is 0 Å². The average Bonchev–Trinajstić information content (AvgIpc) is 2.13. The number of carbonyl (C=O) groups excluding carboxylic acids is 2. The highest BCUT2D eigenvalue weighted by molar-refractivity contribution is 5.89. The van der Waals surface area contributed by atoms with E-state index in [4.69, 9.17) is 4.74 Å². The predicted octanol–water partition coefficient (Wildman–Crippen LogP) is 1.86. The minimum absolute atomic E-state index is 0.198. The number of ketones is 1. The molecular formula is C12H16O3. The standard InChI is InChI=1S/C12H16O3/c1-8-3-9-4-10(13)7-12(5-8,6-9)11(14)15-2/h9H,1,3-7H2,2H3. The number of esters is 1. The highest BCUT2D eigenvalue weighted by Gasteiger charge is 2.49. The molecule has 82 valence electrons. The Bertz CT molecular complexity index is 310. The van der Waals surface area contributed by atoms with Crippen LogP contribution >= 0.6 is 0 Å². The highest BCUT2D eigenvalue weighted by Crippen LogP contribution is 2.49. The Morgan fingerprint density at radius 3 is 2.87 bits per heavy atom. The monoisotopic (exact) mass is 208 g/mol. The Balaban J connectivity index is 2.30. The second-order valence-electron chi connectivity index (χ2n) is 4.89. The summed E-state index contributed by atoms with van der Waals surface area (Å²) >= 11 is 0. The number of ether oxygens (including phenoxy) is 1. The van der Waals surface area contributed by atoms with Crippen molar-refractivity contribution in [2.75, 3.05) is 7.11 Å². The van der Waals surface area contributed by atoms with Crippen molar-refractivity contribution in [1.82, 2.24) is 0 Å². The van der Waals surface area contributed by atoms with Crippen LogP contribution in [-0.2, 0) is 14.3 Å². The van der Waals surface area contributed by atoms with Gasteiger partial charge >= 0.3 is 5.97 Å². The van der Waals surface area contributed by atoms with E-state index in [-0.39, 0.29) is 11.8 Å². The Hall–Kier alpha value is -1.12. The van der Waals surface area contributed by atoms with Crippen LogP contribution < -0.4 is 0 Å². The van der Waals surface area contributed by atoms with Crippen LogP contribution in [0.4, 0.5) is 0 Å². The highest BCUT2D eigenvalue weighted by atomic mass is 16.5. The van der Waals surface area contributed by atoms with Crippen LogP contribution in [0.1, 0.15) is 32.1 Å². The molecule has 0 aliphatic heterocycles. The van der Waals surface area contributed by atoms with Gasteiger partial charge in [0.25, 0.3) is 0 Å². The van der Waals surface area contributed by atoms with Crippen LogP contribution in [0, 0.1) is 11.3 Å². The molecule has 2 saturated carbocycles. The number of rotatable bonds is 1. The molecule has 0 aromatic rings. The quantitative estimate of drug-likeness (QED) is 0.488. The topological polar surface area (TPSA) is 43.4 Å². The van der Waals surface area contributed by atoms with E-state index < -0.39 is 5.41 Å². The molecule has 2 aliphatic carbocycles. The summed E-state index contributed by atoms with van der Waals surface area (Å²) in [6.07, 6.45) is 3.27. The fourth-order valence-corrected chi connectivity index (χ4v) is 3.15. The molecule has 2 fully saturated rings.